The molecule has 6 nitrogen and oxygen atoms in total. The Morgan fingerprint density at radius 1 is 1.55 bits per heavy atom. The second-order valence-electron chi connectivity index (χ2n) is 4.88. The molecule has 0 radical (unpaired) electrons. The van der Waals surface area contributed by atoms with Gasteiger partial charge in [0.15, 0.2) is 0 Å². The molecule has 0 amide bonds. The summed E-state index contributed by atoms with van der Waals surface area (Å²) in [4.78, 5) is 14.7. The standard InChI is InChI=1S/C14H17N3O3/c1-2-20-13(19)10-8-12(18)14(9-10,16-17-15)11-6-4-3-5-7-11/h3-7,10,12,18H,2,8-9H2,1H3/t10-,12-,14+/m1/s1. The van der Waals surface area contributed by atoms with E-state index in [1.807, 2.05) is 18.2 Å². The lowest BCUT2D eigenvalue weighted by Gasteiger charge is -2.27. The van der Waals surface area contributed by atoms with Gasteiger partial charge in [-0.25, -0.2) is 0 Å². The molecule has 1 aromatic carbocycles. The SMILES string of the molecule is CCOC(=O)[C@@H]1C[C@@H](O)[C@@](N=[N+]=[N-])(c2ccccc2)C1. The topological polar surface area (TPSA) is 95.3 Å². The van der Waals surface area contributed by atoms with Gasteiger partial charge in [-0.2, -0.15) is 0 Å². The molecule has 1 N–H and O–H groups in total. The number of carbonyl (C=O) groups excluding carboxylic acids is 1. The molecule has 0 saturated heterocycles. The van der Waals surface area contributed by atoms with E-state index in [0.717, 1.165) is 5.56 Å². The van der Waals surface area contributed by atoms with Gasteiger partial charge in [-0.1, -0.05) is 35.4 Å². The Balaban J connectivity index is 2.35. The molecule has 0 bridgehead atoms. The number of aliphatic hydroxyl groups is 1. The minimum Gasteiger partial charge on any atom is -0.466 e. The highest BCUT2D eigenvalue weighted by molar-refractivity contribution is 5.73. The molecule has 0 unspecified atom stereocenters. The van der Waals surface area contributed by atoms with Gasteiger partial charge in [0.25, 0.3) is 0 Å². The zero-order valence-electron chi connectivity index (χ0n) is 11.3. The molecule has 1 fully saturated rings. The van der Waals surface area contributed by atoms with Crippen LogP contribution in [0.4, 0.5) is 0 Å². The maximum Gasteiger partial charge on any atom is 0.309 e. The molecule has 106 valence electrons. The Bertz CT molecular complexity index is 528. The summed E-state index contributed by atoms with van der Waals surface area (Å²) in [6.45, 7) is 2.03. The van der Waals surface area contributed by atoms with Crippen molar-refractivity contribution in [1.82, 2.24) is 0 Å². The fourth-order valence-corrected chi connectivity index (χ4v) is 2.78. The molecule has 2 rings (SSSR count). The van der Waals surface area contributed by atoms with Crippen LogP contribution in [0.5, 0.6) is 0 Å². The third-order valence-corrected chi connectivity index (χ3v) is 3.73. The predicted octanol–water partition coefficient (Wildman–Crippen LogP) is 2.53. The first kappa shape index (κ1) is 14.4. The van der Waals surface area contributed by atoms with Crippen molar-refractivity contribution in [3.8, 4) is 0 Å². The lowest BCUT2D eigenvalue weighted by molar-refractivity contribution is -0.148. The van der Waals surface area contributed by atoms with Crippen LogP contribution in [0, 0.1) is 5.92 Å². The highest BCUT2D eigenvalue weighted by Crippen LogP contribution is 2.46. The molecule has 0 heterocycles. The fraction of sp³-hybridized carbons (Fsp3) is 0.500. The Hall–Kier alpha value is -2.04. The third-order valence-electron chi connectivity index (χ3n) is 3.73. The Morgan fingerprint density at radius 3 is 2.85 bits per heavy atom. The average Bonchev–Trinajstić information content (AvgIpc) is 2.79. The zero-order valence-corrected chi connectivity index (χ0v) is 11.3. The van der Waals surface area contributed by atoms with E-state index in [2.05, 4.69) is 10.0 Å². The number of ether oxygens (including phenoxy) is 1. The van der Waals surface area contributed by atoms with Crippen LogP contribution in [0.1, 0.15) is 25.3 Å². The van der Waals surface area contributed by atoms with Crippen LogP contribution in [-0.4, -0.2) is 23.8 Å². The van der Waals surface area contributed by atoms with Gasteiger partial charge in [-0.15, -0.1) is 0 Å². The first-order chi connectivity index (χ1) is 9.64. The number of nitrogens with zero attached hydrogens (tertiary/aromatic N) is 3. The van der Waals surface area contributed by atoms with E-state index in [4.69, 9.17) is 10.3 Å². The van der Waals surface area contributed by atoms with E-state index in [9.17, 15) is 9.90 Å². The molecular weight excluding hydrogens is 258 g/mol. The molecule has 1 aromatic rings. The normalized spacial score (nSPS) is 28.7. The molecule has 0 aliphatic heterocycles. The summed E-state index contributed by atoms with van der Waals surface area (Å²) < 4.78 is 5.00. The van der Waals surface area contributed by atoms with E-state index in [0.29, 0.717) is 6.61 Å². The van der Waals surface area contributed by atoms with Crippen LogP contribution in [0.2, 0.25) is 0 Å². The van der Waals surface area contributed by atoms with Crippen molar-refractivity contribution < 1.29 is 14.6 Å². The lowest BCUT2D eigenvalue weighted by atomic mass is 9.86. The summed E-state index contributed by atoms with van der Waals surface area (Å²) >= 11 is 0. The fourth-order valence-electron chi connectivity index (χ4n) is 2.78. The van der Waals surface area contributed by atoms with E-state index in [1.165, 1.54) is 0 Å². The van der Waals surface area contributed by atoms with Crippen LogP contribution < -0.4 is 0 Å². The molecular formula is C14H17N3O3. The highest BCUT2D eigenvalue weighted by Gasteiger charge is 2.50. The van der Waals surface area contributed by atoms with Crippen molar-refractivity contribution in [3.05, 3.63) is 46.3 Å². The Kier molecular flexibility index (Phi) is 4.27. The Labute approximate surface area is 117 Å². The molecule has 20 heavy (non-hydrogen) atoms. The average molecular weight is 275 g/mol. The first-order valence-electron chi connectivity index (χ1n) is 6.60. The van der Waals surface area contributed by atoms with Crippen molar-refractivity contribution in [1.29, 1.82) is 0 Å². The summed E-state index contributed by atoms with van der Waals surface area (Å²) in [5.74, 6) is -0.798. The van der Waals surface area contributed by atoms with Gasteiger partial charge < -0.3 is 9.84 Å². The quantitative estimate of drug-likeness (QED) is 0.396. The lowest BCUT2D eigenvalue weighted by Crippen LogP contribution is -2.32. The number of hydrogen-bond acceptors (Lipinski definition) is 4. The van der Waals surface area contributed by atoms with Gasteiger partial charge in [-0.05, 0) is 30.9 Å². The highest BCUT2D eigenvalue weighted by atomic mass is 16.5. The molecule has 6 heteroatoms. The van der Waals surface area contributed by atoms with E-state index >= 15 is 0 Å². The van der Waals surface area contributed by atoms with Crippen LogP contribution in [0.3, 0.4) is 0 Å². The van der Waals surface area contributed by atoms with Gasteiger partial charge in [0, 0.05) is 4.91 Å². The summed E-state index contributed by atoms with van der Waals surface area (Å²) in [5.41, 5.74) is 8.46. The van der Waals surface area contributed by atoms with Crippen LogP contribution in [-0.2, 0) is 15.1 Å². The number of carbonyl (C=O) groups is 1. The minimum atomic E-state index is -1.09. The summed E-state index contributed by atoms with van der Waals surface area (Å²) in [6.07, 6.45) is -0.386. The number of rotatable bonds is 4. The minimum absolute atomic E-state index is 0.243. The number of esters is 1. The molecule has 0 aromatic heterocycles. The van der Waals surface area contributed by atoms with Crippen LogP contribution >= 0.6 is 0 Å². The maximum absolute atomic E-state index is 11.8. The van der Waals surface area contributed by atoms with Gasteiger partial charge >= 0.3 is 5.97 Å². The van der Waals surface area contributed by atoms with E-state index in [1.54, 1.807) is 19.1 Å². The number of azide groups is 1. The predicted molar refractivity (Wildman–Crippen MR) is 72.6 cm³/mol. The van der Waals surface area contributed by atoms with Crippen molar-refractivity contribution in [2.24, 2.45) is 11.0 Å². The van der Waals surface area contributed by atoms with Gasteiger partial charge in [0.1, 0.15) is 5.54 Å². The molecule has 1 saturated carbocycles. The molecule has 3 atom stereocenters. The van der Waals surface area contributed by atoms with E-state index < -0.39 is 17.6 Å². The molecule has 1 aliphatic rings. The summed E-state index contributed by atoms with van der Waals surface area (Å²) in [6, 6.07) is 9.07. The number of benzene rings is 1. The van der Waals surface area contributed by atoms with Crippen molar-refractivity contribution >= 4 is 5.97 Å². The largest absolute Gasteiger partial charge is 0.466 e. The van der Waals surface area contributed by atoms with E-state index in [-0.39, 0.29) is 18.8 Å². The van der Waals surface area contributed by atoms with Gasteiger partial charge in [0.05, 0.1) is 18.6 Å². The monoisotopic (exact) mass is 275 g/mol. The van der Waals surface area contributed by atoms with Crippen LogP contribution in [0.15, 0.2) is 35.4 Å². The summed E-state index contributed by atoms with van der Waals surface area (Å²) in [5, 5.41) is 14.2. The smallest absolute Gasteiger partial charge is 0.309 e. The maximum atomic E-state index is 11.8. The van der Waals surface area contributed by atoms with Crippen molar-refractivity contribution in [2.75, 3.05) is 6.61 Å². The van der Waals surface area contributed by atoms with Crippen molar-refractivity contribution in [3.63, 3.8) is 0 Å². The first-order valence-corrected chi connectivity index (χ1v) is 6.60. The second-order valence-corrected chi connectivity index (χ2v) is 4.88. The number of hydrogen-bond donors (Lipinski definition) is 1. The zero-order chi connectivity index (χ0) is 14.6. The Morgan fingerprint density at radius 2 is 2.25 bits per heavy atom. The number of aliphatic hydroxyl groups excluding tert-OH is 1. The molecule has 0 spiro atoms. The van der Waals surface area contributed by atoms with Gasteiger partial charge in [-0.3, -0.25) is 4.79 Å². The third kappa shape index (κ3) is 2.48. The summed E-state index contributed by atoms with van der Waals surface area (Å²) in [7, 11) is 0. The van der Waals surface area contributed by atoms with Gasteiger partial charge in [0.2, 0.25) is 0 Å². The van der Waals surface area contributed by atoms with Crippen LogP contribution in [0.25, 0.3) is 10.4 Å². The molecule has 1 aliphatic carbocycles. The van der Waals surface area contributed by atoms with Crippen molar-refractivity contribution in [2.45, 2.75) is 31.4 Å². The second kappa shape index (κ2) is 5.94.